The van der Waals surface area contributed by atoms with Gasteiger partial charge in [0.1, 0.15) is 0 Å². The van der Waals surface area contributed by atoms with Gasteiger partial charge < -0.3 is 0 Å². The molecule has 0 spiro atoms. The molecule has 0 saturated heterocycles. The Balaban J connectivity index is 1.97. The van der Waals surface area contributed by atoms with E-state index in [1.54, 1.807) is 11.3 Å². The number of hydrogen-bond acceptors (Lipinski definition) is 3. The van der Waals surface area contributed by atoms with Gasteiger partial charge in [0.25, 0.3) is 0 Å². The summed E-state index contributed by atoms with van der Waals surface area (Å²) in [5.41, 5.74) is 7.02. The Morgan fingerprint density at radius 1 is 1.08 bits per heavy atom. The van der Waals surface area contributed by atoms with E-state index in [9.17, 15) is 0 Å². The maximum atomic E-state index is 5.17. The summed E-state index contributed by atoms with van der Waals surface area (Å²) < 4.78 is 2.01. The number of thiophene rings is 1. The maximum Gasteiger partial charge on any atom is 0.0845 e. The van der Waals surface area contributed by atoms with E-state index in [1.807, 2.05) is 10.7 Å². The lowest BCUT2D eigenvalue weighted by molar-refractivity contribution is 0.305. The molecular weight excluding hydrogens is 314 g/mol. The van der Waals surface area contributed by atoms with Crippen LogP contribution in [0.3, 0.4) is 0 Å². The van der Waals surface area contributed by atoms with Gasteiger partial charge in [0, 0.05) is 16.7 Å². The molecule has 3 aromatic heterocycles. The molecule has 1 aliphatic heterocycles. The van der Waals surface area contributed by atoms with Crippen LogP contribution in [0.15, 0.2) is 34.8 Å². The summed E-state index contributed by atoms with van der Waals surface area (Å²) in [5, 5.41) is 6.84. The lowest BCUT2D eigenvalue weighted by atomic mass is 9.68. The number of aryl methyl sites for hydroxylation is 2. The fraction of sp³-hybridized carbons (Fsp3) is 0.400. The van der Waals surface area contributed by atoms with E-state index in [0.717, 1.165) is 22.5 Å². The largest absolute Gasteiger partial charge is 0.276 e. The molecule has 4 heteroatoms. The lowest BCUT2D eigenvalue weighted by Gasteiger charge is -2.43. The van der Waals surface area contributed by atoms with Crippen molar-refractivity contribution in [3.05, 3.63) is 57.0 Å². The minimum atomic E-state index is -0.157. The van der Waals surface area contributed by atoms with Crippen LogP contribution >= 0.6 is 11.3 Å². The van der Waals surface area contributed by atoms with Crippen molar-refractivity contribution in [3.8, 4) is 0 Å². The molecule has 0 aromatic carbocycles. The van der Waals surface area contributed by atoms with Gasteiger partial charge in [-0.3, -0.25) is 4.99 Å². The fourth-order valence-electron chi connectivity index (χ4n) is 3.55. The Morgan fingerprint density at radius 3 is 2.58 bits per heavy atom. The zero-order valence-corrected chi connectivity index (χ0v) is 16.0. The molecule has 0 radical (unpaired) electrons. The smallest absolute Gasteiger partial charge is 0.0845 e. The Labute approximate surface area is 147 Å². The van der Waals surface area contributed by atoms with E-state index in [4.69, 9.17) is 4.99 Å². The van der Waals surface area contributed by atoms with Crippen molar-refractivity contribution in [2.75, 3.05) is 0 Å². The van der Waals surface area contributed by atoms with Crippen molar-refractivity contribution in [1.29, 1.82) is 0 Å². The van der Waals surface area contributed by atoms with Crippen LogP contribution in [0, 0.1) is 13.8 Å². The second kappa shape index (κ2) is 4.79. The molecule has 0 saturated carbocycles. The number of aromatic nitrogens is 2. The summed E-state index contributed by atoms with van der Waals surface area (Å²) in [6, 6.07) is 6.67. The molecule has 0 atom stereocenters. The zero-order chi connectivity index (χ0) is 17.3. The Morgan fingerprint density at radius 2 is 1.83 bits per heavy atom. The summed E-state index contributed by atoms with van der Waals surface area (Å²) in [6.07, 6.45) is 1.95. The molecule has 3 aromatic rings. The fourth-order valence-corrected chi connectivity index (χ4v) is 4.61. The molecule has 0 bridgehead atoms. The molecule has 3 nitrogen and oxygen atoms in total. The highest BCUT2D eigenvalue weighted by Gasteiger charge is 2.44. The van der Waals surface area contributed by atoms with Crippen LogP contribution in [0.4, 0.5) is 0 Å². The third-order valence-corrected chi connectivity index (χ3v) is 6.67. The second-order valence-corrected chi connectivity index (χ2v) is 8.73. The van der Waals surface area contributed by atoms with E-state index in [1.165, 1.54) is 16.0 Å². The molecule has 124 valence electrons. The molecule has 0 N–H and O–H groups in total. The SMILES string of the molecule is Cc1cc(C)n2ncc(C3=NC(C)(C)C(C)(C)c4ccsc43)cc12. The molecule has 0 fully saturated rings. The number of fused-ring (bicyclic) bond motifs is 2. The van der Waals surface area contributed by atoms with Crippen LogP contribution in [-0.4, -0.2) is 20.9 Å². The average molecular weight is 337 g/mol. The third-order valence-electron chi connectivity index (χ3n) is 5.74. The molecule has 0 unspecified atom stereocenters. The van der Waals surface area contributed by atoms with Gasteiger partial charge in [0.2, 0.25) is 0 Å². The molecule has 4 rings (SSSR count). The van der Waals surface area contributed by atoms with Crippen molar-refractivity contribution in [1.82, 2.24) is 9.61 Å². The monoisotopic (exact) mass is 337 g/mol. The molecule has 4 heterocycles. The van der Waals surface area contributed by atoms with Crippen molar-refractivity contribution < 1.29 is 0 Å². The molecule has 24 heavy (non-hydrogen) atoms. The molecular formula is C20H23N3S. The number of hydrogen-bond donors (Lipinski definition) is 0. The Hall–Kier alpha value is -1.94. The first-order valence-corrected chi connectivity index (χ1v) is 9.24. The Kier molecular flexibility index (Phi) is 3.11. The first kappa shape index (κ1) is 15.6. The predicted molar refractivity (Wildman–Crippen MR) is 102 cm³/mol. The quantitative estimate of drug-likeness (QED) is 0.620. The van der Waals surface area contributed by atoms with E-state index >= 15 is 0 Å². The zero-order valence-electron chi connectivity index (χ0n) is 15.1. The van der Waals surface area contributed by atoms with Crippen molar-refractivity contribution >= 4 is 22.6 Å². The standard InChI is InChI=1S/C20H23N3S/c1-12-9-13(2)23-16(12)10-14(11-21-23)17-18-15(7-8-24-18)19(3,4)20(5,6)22-17/h7-11H,1-6H3. The highest BCUT2D eigenvalue weighted by atomic mass is 32.1. The topological polar surface area (TPSA) is 29.7 Å². The van der Waals surface area contributed by atoms with Crippen LogP contribution in [-0.2, 0) is 5.41 Å². The molecule has 1 aliphatic rings. The normalized spacial score (nSPS) is 18.5. The summed E-state index contributed by atoms with van der Waals surface area (Å²) in [7, 11) is 0. The summed E-state index contributed by atoms with van der Waals surface area (Å²) >= 11 is 1.78. The van der Waals surface area contributed by atoms with Gasteiger partial charge >= 0.3 is 0 Å². The van der Waals surface area contributed by atoms with Gasteiger partial charge in [-0.05, 0) is 62.4 Å². The number of rotatable bonds is 1. The first-order chi connectivity index (χ1) is 11.2. The minimum Gasteiger partial charge on any atom is -0.276 e. The third kappa shape index (κ3) is 1.95. The molecule has 0 amide bonds. The number of aliphatic imine (C=N–C) groups is 1. The van der Waals surface area contributed by atoms with E-state index in [2.05, 4.69) is 70.2 Å². The van der Waals surface area contributed by atoms with Crippen LogP contribution in [0.2, 0.25) is 0 Å². The lowest BCUT2D eigenvalue weighted by Crippen LogP contribution is -2.45. The van der Waals surface area contributed by atoms with Crippen LogP contribution in [0.1, 0.15) is 55.0 Å². The summed E-state index contributed by atoms with van der Waals surface area (Å²) in [6.45, 7) is 13.3. The van der Waals surface area contributed by atoms with Crippen LogP contribution in [0.5, 0.6) is 0 Å². The van der Waals surface area contributed by atoms with Gasteiger partial charge in [-0.2, -0.15) is 5.10 Å². The van der Waals surface area contributed by atoms with Gasteiger partial charge in [0.05, 0.1) is 27.8 Å². The summed E-state index contributed by atoms with van der Waals surface area (Å²) in [4.78, 5) is 6.46. The van der Waals surface area contributed by atoms with Gasteiger partial charge in [-0.1, -0.05) is 13.8 Å². The van der Waals surface area contributed by atoms with Gasteiger partial charge in [-0.25, -0.2) is 4.52 Å². The van der Waals surface area contributed by atoms with Crippen LogP contribution in [0.25, 0.3) is 5.52 Å². The first-order valence-electron chi connectivity index (χ1n) is 8.36. The predicted octanol–water partition coefficient (Wildman–Crippen LogP) is 4.92. The van der Waals surface area contributed by atoms with E-state index in [-0.39, 0.29) is 11.0 Å². The molecule has 0 aliphatic carbocycles. The second-order valence-electron chi connectivity index (χ2n) is 7.82. The maximum absolute atomic E-state index is 5.17. The Bertz CT molecular complexity index is 986. The van der Waals surface area contributed by atoms with Crippen LogP contribution < -0.4 is 0 Å². The van der Waals surface area contributed by atoms with E-state index < -0.39 is 0 Å². The average Bonchev–Trinajstić information content (AvgIpc) is 3.10. The van der Waals surface area contributed by atoms with E-state index in [0.29, 0.717) is 0 Å². The van der Waals surface area contributed by atoms with Gasteiger partial charge in [0.15, 0.2) is 0 Å². The van der Waals surface area contributed by atoms with Crippen molar-refractivity contribution in [2.45, 2.75) is 52.5 Å². The summed E-state index contributed by atoms with van der Waals surface area (Å²) in [5.74, 6) is 0. The van der Waals surface area contributed by atoms with Crippen molar-refractivity contribution in [3.63, 3.8) is 0 Å². The van der Waals surface area contributed by atoms with Gasteiger partial charge in [-0.15, -0.1) is 11.3 Å². The highest BCUT2D eigenvalue weighted by Crippen LogP contribution is 2.45. The number of nitrogens with zero attached hydrogens (tertiary/aromatic N) is 3. The minimum absolute atomic E-state index is 0.0188. The van der Waals surface area contributed by atoms with Crippen molar-refractivity contribution in [2.24, 2.45) is 4.99 Å². The highest BCUT2D eigenvalue weighted by molar-refractivity contribution is 7.12.